The molecule has 1 saturated carbocycles. The van der Waals surface area contributed by atoms with Crippen LogP contribution in [0.3, 0.4) is 0 Å². The highest BCUT2D eigenvalue weighted by atomic mass is 15.2. The van der Waals surface area contributed by atoms with Crippen LogP contribution in [0, 0.1) is 17.8 Å². The molecule has 2 saturated heterocycles. The lowest BCUT2D eigenvalue weighted by atomic mass is 9.74. The molecule has 0 aromatic carbocycles. The molecule has 19 heavy (non-hydrogen) atoms. The van der Waals surface area contributed by atoms with Gasteiger partial charge in [-0.2, -0.15) is 0 Å². The van der Waals surface area contributed by atoms with Gasteiger partial charge in [-0.25, -0.2) is 0 Å². The molecule has 0 atom stereocenters. The van der Waals surface area contributed by atoms with Crippen LogP contribution in [0.15, 0.2) is 0 Å². The lowest BCUT2D eigenvalue weighted by Crippen LogP contribution is -2.44. The van der Waals surface area contributed by atoms with Crippen LogP contribution in [0.2, 0.25) is 0 Å². The quantitative estimate of drug-likeness (QED) is 0.823. The summed E-state index contributed by atoms with van der Waals surface area (Å²) in [6, 6.07) is 0.936. The molecule has 0 aromatic rings. The molecular formula is C17H32N2. The lowest BCUT2D eigenvalue weighted by Gasteiger charge is -2.42. The van der Waals surface area contributed by atoms with Gasteiger partial charge in [-0.15, -0.1) is 0 Å². The zero-order valence-electron chi connectivity index (χ0n) is 12.7. The Labute approximate surface area is 119 Å². The van der Waals surface area contributed by atoms with Gasteiger partial charge in [-0.1, -0.05) is 6.92 Å². The van der Waals surface area contributed by atoms with Crippen molar-refractivity contribution in [2.45, 2.75) is 64.3 Å². The fourth-order valence-corrected chi connectivity index (χ4v) is 4.65. The Bertz CT molecular complexity index is 256. The molecule has 0 radical (unpaired) electrons. The predicted molar refractivity (Wildman–Crippen MR) is 81.3 cm³/mol. The first-order valence-corrected chi connectivity index (χ1v) is 8.77. The normalized spacial score (nSPS) is 36.5. The summed E-state index contributed by atoms with van der Waals surface area (Å²) in [5.74, 6) is 3.08. The molecule has 2 aliphatic heterocycles. The van der Waals surface area contributed by atoms with Gasteiger partial charge in [0.05, 0.1) is 0 Å². The molecule has 0 spiro atoms. The maximum atomic E-state index is 3.51. The van der Waals surface area contributed by atoms with Crippen LogP contribution < -0.4 is 5.32 Å². The van der Waals surface area contributed by atoms with E-state index in [0.29, 0.717) is 0 Å². The van der Waals surface area contributed by atoms with Crippen LogP contribution in [-0.2, 0) is 0 Å². The third-order valence-electron chi connectivity index (χ3n) is 6.13. The van der Waals surface area contributed by atoms with E-state index in [4.69, 9.17) is 0 Å². The molecule has 0 amide bonds. The number of hydrogen-bond donors (Lipinski definition) is 1. The van der Waals surface area contributed by atoms with Crippen molar-refractivity contribution >= 4 is 0 Å². The summed E-state index contributed by atoms with van der Waals surface area (Å²) in [6.07, 6.45) is 11.8. The molecule has 2 heterocycles. The smallest absolute Gasteiger partial charge is 0.00954 e. The third kappa shape index (κ3) is 3.52. The van der Waals surface area contributed by atoms with Gasteiger partial charge < -0.3 is 10.2 Å². The Morgan fingerprint density at radius 3 is 1.95 bits per heavy atom. The zero-order valence-corrected chi connectivity index (χ0v) is 12.7. The monoisotopic (exact) mass is 264 g/mol. The summed E-state index contributed by atoms with van der Waals surface area (Å²) in [6.45, 7) is 7.72. The zero-order chi connectivity index (χ0) is 13.1. The van der Waals surface area contributed by atoms with E-state index >= 15 is 0 Å². The van der Waals surface area contributed by atoms with Crippen LogP contribution in [-0.4, -0.2) is 37.1 Å². The fourth-order valence-electron chi connectivity index (χ4n) is 4.65. The summed E-state index contributed by atoms with van der Waals surface area (Å²) in [7, 11) is 0. The highest BCUT2D eigenvalue weighted by molar-refractivity contribution is 4.86. The minimum atomic E-state index is 0.936. The first kappa shape index (κ1) is 13.9. The highest BCUT2D eigenvalue weighted by Gasteiger charge is 2.31. The average molecular weight is 264 g/mol. The Morgan fingerprint density at radius 2 is 1.32 bits per heavy atom. The Morgan fingerprint density at radius 1 is 0.737 bits per heavy atom. The predicted octanol–water partition coefficient (Wildman–Crippen LogP) is 3.28. The van der Waals surface area contributed by atoms with Crippen molar-refractivity contribution in [3.05, 3.63) is 0 Å². The second-order valence-electron chi connectivity index (χ2n) is 7.37. The van der Waals surface area contributed by atoms with E-state index in [1.807, 2.05) is 0 Å². The van der Waals surface area contributed by atoms with Gasteiger partial charge in [0, 0.05) is 6.04 Å². The van der Waals surface area contributed by atoms with E-state index in [1.54, 1.807) is 0 Å². The van der Waals surface area contributed by atoms with Gasteiger partial charge in [0.25, 0.3) is 0 Å². The largest absolute Gasteiger partial charge is 0.317 e. The Balaban J connectivity index is 1.44. The van der Waals surface area contributed by atoms with Crippen molar-refractivity contribution in [2.75, 3.05) is 26.2 Å². The number of nitrogens with zero attached hydrogens (tertiary/aromatic N) is 1. The molecule has 1 aliphatic carbocycles. The fraction of sp³-hybridized carbons (Fsp3) is 1.00. The number of nitrogens with one attached hydrogen (secondary N) is 1. The summed E-state index contributed by atoms with van der Waals surface area (Å²) < 4.78 is 0. The van der Waals surface area contributed by atoms with Gasteiger partial charge in [0.15, 0.2) is 0 Å². The van der Waals surface area contributed by atoms with Crippen LogP contribution in [0.5, 0.6) is 0 Å². The van der Waals surface area contributed by atoms with Crippen LogP contribution in [0.1, 0.15) is 58.3 Å². The van der Waals surface area contributed by atoms with Crippen molar-refractivity contribution < 1.29 is 0 Å². The van der Waals surface area contributed by atoms with Crippen LogP contribution >= 0.6 is 0 Å². The van der Waals surface area contributed by atoms with E-state index in [-0.39, 0.29) is 0 Å². The van der Waals surface area contributed by atoms with Gasteiger partial charge in [-0.05, 0) is 95.3 Å². The number of rotatable bonds is 2. The van der Waals surface area contributed by atoms with Gasteiger partial charge in [0.1, 0.15) is 0 Å². The standard InChI is InChI=1S/C17H32N2/c1-14-8-12-19(13-9-14)17-4-2-15(3-5-17)16-6-10-18-11-7-16/h14-18H,2-13H2,1H3. The second kappa shape index (κ2) is 6.58. The van der Waals surface area contributed by atoms with Crippen molar-refractivity contribution in [2.24, 2.45) is 17.8 Å². The van der Waals surface area contributed by atoms with E-state index in [2.05, 4.69) is 17.1 Å². The summed E-state index contributed by atoms with van der Waals surface area (Å²) in [5, 5.41) is 3.51. The molecule has 0 aromatic heterocycles. The van der Waals surface area contributed by atoms with E-state index in [1.165, 1.54) is 77.5 Å². The summed E-state index contributed by atoms with van der Waals surface area (Å²) in [5.41, 5.74) is 0. The average Bonchev–Trinajstić information content (AvgIpc) is 2.49. The van der Waals surface area contributed by atoms with E-state index < -0.39 is 0 Å². The van der Waals surface area contributed by atoms with Crippen molar-refractivity contribution in [3.63, 3.8) is 0 Å². The lowest BCUT2D eigenvalue weighted by molar-refractivity contribution is 0.0814. The molecular weight excluding hydrogens is 232 g/mol. The molecule has 0 unspecified atom stereocenters. The minimum Gasteiger partial charge on any atom is -0.317 e. The number of likely N-dealkylation sites (tertiary alicyclic amines) is 1. The molecule has 2 heteroatoms. The maximum Gasteiger partial charge on any atom is 0.00954 e. The van der Waals surface area contributed by atoms with Gasteiger partial charge >= 0.3 is 0 Å². The molecule has 1 N–H and O–H groups in total. The molecule has 3 rings (SSSR count). The Kier molecular flexibility index (Phi) is 4.81. The molecule has 110 valence electrons. The maximum absolute atomic E-state index is 3.51. The van der Waals surface area contributed by atoms with E-state index in [0.717, 1.165) is 23.8 Å². The van der Waals surface area contributed by atoms with Crippen molar-refractivity contribution in [3.8, 4) is 0 Å². The first-order valence-electron chi connectivity index (χ1n) is 8.77. The molecule has 3 aliphatic rings. The summed E-state index contributed by atoms with van der Waals surface area (Å²) in [4.78, 5) is 2.82. The van der Waals surface area contributed by atoms with Gasteiger partial charge in [0.2, 0.25) is 0 Å². The van der Waals surface area contributed by atoms with Crippen LogP contribution in [0.25, 0.3) is 0 Å². The topological polar surface area (TPSA) is 15.3 Å². The van der Waals surface area contributed by atoms with Gasteiger partial charge in [-0.3, -0.25) is 0 Å². The molecule has 2 nitrogen and oxygen atoms in total. The SMILES string of the molecule is CC1CCN(C2CCC(C3CCNCC3)CC2)CC1. The van der Waals surface area contributed by atoms with Crippen LogP contribution in [0.4, 0.5) is 0 Å². The third-order valence-corrected chi connectivity index (χ3v) is 6.13. The Hall–Kier alpha value is -0.0800. The van der Waals surface area contributed by atoms with E-state index in [9.17, 15) is 0 Å². The first-order chi connectivity index (χ1) is 9.33. The molecule has 3 fully saturated rings. The second-order valence-corrected chi connectivity index (χ2v) is 7.37. The minimum absolute atomic E-state index is 0.936. The highest BCUT2D eigenvalue weighted by Crippen LogP contribution is 2.36. The van der Waals surface area contributed by atoms with Crippen molar-refractivity contribution in [1.82, 2.24) is 10.2 Å². The summed E-state index contributed by atoms with van der Waals surface area (Å²) >= 11 is 0. The number of hydrogen-bond acceptors (Lipinski definition) is 2. The van der Waals surface area contributed by atoms with Crippen molar-refractivity contribution in [1.29, 1.82) is 0 Å². The number of piperidine rings is 2. The molecule has 0 bridgehead atoms.